The molecule has 1 N–H and O–H groups in total. The fourth-order valence-electron chi connectivity index (χ4n) is 2.45. The lowest BCUT2D eigenvalue weighted by Gasteiger charge is -2.08. The topological polar surface area (TPSA) is 62.8 Å². The smallest absolute Gasteiger partial charge is 0.355 e. The first kappa shape index (κ1) is 19.5. The summed E-state index contributed by atoms with van der Waals surface area (Å²) >= 11 is 6.76. The van der Waals surface area contributed by atoms with Gasteiger partial charge in [-0.25, -0.2) is 4.98 Å². The van der Waals surface area contributed by atoms with E-state index in [2.05, 4.69) is 9.97 Å². The SMILES string of the molecule is CC(=O)c1c(C)[nH]c(C(=O)CSc2ncc(C(F)(F)F)cc2Cl)c1C. The monoisotopic (exact) mass is 390 g/mol. The van der Waals surface area contributed by atoms with Crippen LogP contribution in [0.15, 0.2) is 17.3 Å². The summed E-state index contributed by atoms with van der Waals surface area (Å²) in [5.74, 6) is -0.516. The lowest BCUT2D eigenvalue weighted by atomic mass is 10.1. The molecule has 0 bridgehead atoms. The van der Waals surface area contributed by atoms with Gasteiger partial charge in [0.15, 0.2) is 11.6 Å². The Hall–Kier alpha value is -1.80. The van der Waals surface area contributed by atoms with Crippen LogP contribution in [0.25, 0.3) is 0 Å². The minimum Gasteiger partial charge on any atom is -0.355 e. The van der Waals surface area contributed by atoms with Crippen molar-refractivity contribution in [3.8, 4) is 0 Å². The van der Waals surface area contributed by atoms with Crippen molar-refractivity contribution in [2.45, 2.75) is 32.0 Å². The Morgan fingerprint density at radius 2 is 1.96 bits per heavy atom. The van der Waals surface area contributed by atoms with E-state index in [4.69, 9.17) is 11.6 Å². The molecule has 0 aliphatic heterocycles. The Bertz CT molecular complexity index is 847. The zero-order chi connectivity index (χ0) is 18.9. The number of aromatic nitrogens is 2. The van der Waals surface area contributed by atoms with Gasteiger partial charge in [-0.1, -0.05) is 23.4 Å². The number of hydrogen-bond acceptors (Lipinski definition) is 4. The third-order valence-corrected chi connectivity index (χ3v) is 4.95. The molecule has 0 aliphatic carbocycles. The average Bonchev–Trinajstić information content (AvgIpc) is 2.79. The van der Waals surface area contributed by atoms with E-state index in [0.29, 0.717) is 28.7 Å². The highest BCUT2D eigenvalue weighted by atomic mass is 35.5. The highest BCUT2D eigenvalue weighted by Crippen LogP contribution is 2.34. The second-order valence-electron chi connectivity index (χ2n) is 5.40. The van der Waals surface area contributed by atoms with Crippen molar-refractivity contribution in [2.24, 2.45) is 0 Å². The first-order chi connectivity index (χ1) is 11.5. The van der Waals surface area contributed by atoms with Gasteiger partial charge < -0.3 is 4.98 Å². The Morgan fingerprint density at radius 1 is 1.32 bits per heavy atom. The van der Waals surface area contributed by atoms with Crippen molar-refractivity contribution >= 4 is 34.9 Å². The van der Waals surface area contributed by atoms with Crippen molar-refractivity contribution < 1.29 is 22.8 Å². The van der Waals surface area contributed by atoms with E-state index >= 15 is 0 Å². The van der Waals surface area contributed by atoms with Crippen LogP contribution in [0.2, 0.25) is 5.02 Å². The van der Waals surface area contributed by atoms with Crippen LogP contribution in [-0.2, 0) is 6.18 Å². The zero-order valence-corrected chi connectivity index (χ0v) is 15.1. The number of halogens is 4. The molecule has 0 radical (unpaired) electrons. The standard InChI is InChI=1S/C16H14ClF3N2O2S/c1-7-13(9(3)23)8(2)22-14(7)12(24)6-25-15-11(17)4-10(5-21-15)16(18,19)20/h4-5,22H,6H2,1-3H3. The summed E-state index contributed by atoms with van der Waals surface area (Å²) in [7, 11) is 0. The second kappa shape index (κ2) is 7.21. The van der Waals surface area contributed by atoms with Gasteiger partial charge in [-0.05, 0) is 32.4 Å². The largest absolute Gasteiger partial charge is 0.417 e. The lowest BCUT2D eigenvalue weighted by Crippen LogP contribution is -2.07. The van der Waals surface area contributed by atoms with Gasteiger partial charge in [0, 0.05) is 17.5 Å². The van der Waals surface area contributed by atoms with Gasteiger partial charge in [-0.2, -0.15) is 13.2 Å². The molecule has 0 saturated carbocycles. The van der Waals surface area contributed by atoms with Gasteiger partial charge in [-0.15, -0.1) is 0 Å². The summed E-state index contributed by atoms with van der Waals surface area (Å²) in [4.78, 5) is 30.5. The molecular formula is C16H14ClF3N2O2S. The number of ketones is 2. The van der Waals surface area contributed by atoms with Crippen LogP contribution in [0.3, 0.4) is 0 Å². The van der Waals surface area contributed by atoms with Crippen LogP contribution in [0.4, 0.5) is 13.2 Å². The molecule has 0 fully saturated rings. The maximum absolute atomic E-state index is 12.6. The van der Waals surface area contributed by atoms with E-state index in [1.165, 1.54) is 6.92 Å². The van der Waals surface area contributed by atoms with Crippen LogP contribution >= 0.6 is 23.4 Å². The Kier molecular flexibility index (Phi) is 5.63. The van der Waals surface area contributed by atoms with Crippen molar-refractivity contribution in [2.75, 3.05) is 5.75 Å². The molecule has 2 rings (SSSR count). The summed E-state index contributed by atoms with van der Waals surface area (Å²) in [6.07, 6.45) is -3.85. The predicted molar refractivity (Wildman–Crippen MR) is 89.6 cm³/mol. The summed E-state index contributed by atoms with van der Waals surface area (Å²) in [6.45, 7) is 4.78. The number of aromatic amines is 1. The Morgan fingerprint density at radius 3 is 2.44 bits per heavy atom. The number of H-pyrrole nitrogens is 1. The van der Waals surface area contributed by atoms with Gasteiger partial charge in [0.2, 0.25) is 0 Å². The van der Waals surface area contributed by atoms with E-state index in [9.17, 15) is 22.8 Å². The molecule has 4 nitrogen and oxygen atoms in total. The first-order valence-corrected chi connectivity index (χ1v) is 8.47. The molecule has 0 saturated heterocycles. The van der Waals surface area contributed by atoms with Crippen LogP contribution < -0.4 is 0 Å². The second-order valence-corrected chi connectivity index (χ2v) is 6.77. The number of alkyl halides is 3. The molecule has 134 valence electrons. The number of Topliss-reactive ketones (excluding diaryl/α,β-unsaturated/α-hetero) is 2. The summed E-state index contributed by atoms with van der Waals surface area (Å²) in [6, 6.07) is 0.777. The number of nitrogens with one attached hydrogen (secondary N) is 1. The van der Waals surface area contributed by atoms with Gasteiger partial charge in [0.1, 0.15) is 5.03 Å². The van der Waals surface area contributed by atoms with Gasteiger partial charge >= 0.3 is 6.18 Å². The van der Waals surface area contributed by atoms with Gasteiger partial charge in [0.25, 0.3) is 0 Å². The van der Waals surface area contributed by atoms with Crippen LogP contribution in [-0.4, -0.2) is 27.3 Å². The van der Waals surface area contributed by atoms with E-state index in [1.807, 2.05) is 0 Å². The minimum atomic E-state index is -4.53. The molecule has 2 heterocycles. The molecule has 2 aromatic heterocycles. The highest BCUT2D eigenvalue weighted by molar-refractivity contribution is 8.00. The molecule has 0 amide bonds. The highest BCUT2D eigenvalue weighted by Gasteiger charge is 2.31. The molecule has 0 unspecified atom stereocenters. The molecule has 9 heteroatoms. The van der Waals surface area contributed by atoms with E-state index in [1.54, 1.807) is 13.8 Å². The van der Waals surface area contributed by atoms with Crippen molar-refractivity contribution in [1.82, 2.24) is 9.97 Å². The number of carbonyl (C=O) groups excluding carboxylic acids is 2. The fourth-order valence-corrected chi connectivity index (χ4v) is 3.52. The lowest BCUT2D eigenvalue weighted by molar-refractivity contribution is -0.137. The number of carbonyl (C=O) groups is 2. The third-order valence-electron chi connectivity index (χ3n) is 3.54. The molecular weight excluding hydrogens is 377 g/mol. The van der Waals surface area contributed by atoms with E-state index in [0.717, 1.165) is 17.8 Å². The Labute approximate surface area is 151 Å². The number of aryl methyl sites for hydroxylation is 1. The minimum absolute atomic E-state index is 0.0732. The van der Waals surface area contributed by atoms with Crippen LogP contribution in [0.5, 0.6) is 0 Å². The molecule has 2 aromatic rings. The summed E-state index contributed by atoms with van der Waals surface area (Å²) < 4.78 is 37.8. The fraction of sp³-hybridized carbons (Fsp3) is 0.312. The molecule has 0 atom stereocenters. The van der Waals surface area contributed by atoms with E-state index in [-0.39, 0.29) is 27.4 Å². The number of hydrogen-bond donors (Lipinski definition) is 1. The van der Waals surface area contributed by atoms with E-state index < -0.39 is 11.7 Å². The number of pyridine rings is 1. The third kappa shape index (κ3) is 4.24. The molecule has 0 aromatic carbocycles. The molecule has 0 spiro atoms. The number of thioether (sulfide) groups is 1. The maximum atomic E-state index is 12.6. The van der Waals surface area contributed by atoms with Crippen molar-refractivity contribution in [3.63, 3.8) is 0 Å². The van der Waals surface area contributed by atoms with Crippen molar-refractivity contribution in [3.05, 3.63) is 45.4 Å². The molecule has 25 heavy (non-hydrogen) atoms. The number of rotatable bonds is 5. The normalized spacial score (nSPS) is 11.6. The quantitative estimate of drug-likeness (QED) is 0.584. The predicted octanol–water partition coefficient (Wildman–Crippen LogP) is 4.88. The van der Waals surface area contributed by atoms with Gasteiger partial charge in [-0.3, -0.25) is 9.59 Å². The first-order valence-electron chi connectivity index (χ1n) is 7.11. The van der Waals surface area contributed by atoms with Gasteiger partial charge in [0.05, 0.1) is 22.0 Å². The Balaban J connectivity index is 2.16. The van der Waals surface area contributed by atoms with Crippen LogP contribution in [0.1, 0.15) is 44.6 Å². The zero-order valence-electron chi connectivity index (χ0n) is 13.5. The summed E-state index contributed by atoms with van der Waals surface area (Å²) in [5.41, 5.74) is 0.985. The van der Waals surface area contributed by atoms with Crippen LogP contribution in [0, 0.1) is 13.8 Å². The number of nitrogens with zero attached hydrogens (tertiary/aromatic N) is 1. The summed E-state index contributed by atoms with van der Waals surface area (Å²) in [5, 5.41) is -0.0350. The maximum Gasteiger partial charge on any atom is 0.417 e. The molecule has 0 aliphatic rings. The average molecular weight is 391 g/mol. The van der Waals surface area contributed by atoms with Crippen molar-refractivity contribution in [1.29, 1.82) is 0 Å².